The monoisotopic (exact) mass is 280 g/mol. The van der Waals surface area contributed by atoms with E-state index in [4.69, 9.17) is 10.5 Å². The first-order valence-electron chi connectivity index (χ1n) is 7.10. The van der Waals surface area contributed by atoms with Gasteiger partial charge >= 0.3 is 0 Å². The molecule has 4 heteroatoms. The number of hydrogen-bond acceptors (Lipinski definition) is 3. The van der Waals surface area contributed by atoms with Crippen molar-refractivity contribution < 1.29 is 9.13 Å². The highest BCUT2D eigenvalue weighted by Crippen LogP contribution is 2.34. The molecule has 112 valence electrons. The van der Waals surface area contributed by atoms with Crippen LogP contribution in [0.4, 0.5) is 10.1 Å². The van der Waals surface area contributed by atoms with Crippen molar-refractivity contribution in [2.45, 2.75) is 51.9 Å². The molecule has 0 unspecified atom stereocenters. The van der Waals surface area contributed by atoms with Gasteiger partial charge in [0.1, 0.15) is 5.82 Å². The summed E-state index contributed by atoms with van der Waals surface area (Å²) in [5.74, 6) is -0.243. The minimum Gasteiger partial charge on any atom is -0.366 e. The fourth-order valence-corrected chi connectivity index (χ4v) is 3.14. The second-order valence-electron chi connectivity index (χ2n) is 6.97. The largest absolute Gasteiger partial charge is 0.366 e. The molecule has 2 rings (SSSR count). The van der Waals surface area contributed by atoms with Crippen LogP contribution < -0.4 is 10.6 Å². The van der Waals surface area contributed by atoms with Crippen LogP contribution in [0.2, 0.25) is 0 Å². The van der Waals surface area contributed by atoms with Gasteiger partial charge in [0.2, 0.25) is 0 Å². The van der Waals surface area contributed by atoms with E-state index in [1.165, 1.54) is 12.1 Å². The summed E-state index contributed by atoms with van der Waals surface area (Å²) < 4.78 is 19.6. The van der Waals surface area contributed by atoms with Gasteiger partial charge in [0.05, 0.1) is 11.2 Å². The predicted octanol–water partition coefficient (Wildman–Crippen LogP) is 3.24. The van der Waals surface area contributed by atoms with E-state index >= 15 is 0 Å². The van der Waals surface area contributed by atoms with E-state index in [-0.39, 0.29) is 23.1 Å². The van der Waals surface area contributed by atoms with Gasteiger partial charge in [0.25, 0.3) is 0 Å². The van der Waals surface area contributed by atoms with Gasteiger partial charge < -0.3 is 15.4 Å². The molecule has 3 nitrogen and oxygen atoms in total. The Labute approximate surface area is 120 Å². The number of nitrogens with two attached hydrogens (primary N) is 1. The zero-order chi connectivity index (χ0) is 15.1. The molecule has 1 aliphatic rings. The van der Waals surface area contributed by atoms with Crippen LogP contribution in [0.25, 0.3) is 0 Å². The maximum Gasteiger partial charge on any atom is 0.123 e. The van der Waals surface area contributed by atoms with Gasteiger partial charge in [-0.05, 0) is 58.4 Å². The first-order chi connectivity index (χ1) is 9.10. The summed E-state index contributed by atoms with van der Waals surface area (Å²) >= 11 is 0. The molecule has 0 bridgehead atoms. The van der Waals surface area contributed by atoms with Crippen LogP contribution in [-0.4, -0.2) is 24.3 Å². The summed E-state index contributed by atoms with van der Waals surface area (Å²) in [6.07, 6.45) is 0. The van der Waals surface area contributed by atoms with Crippen molar-refractivity contribution in [2.75, 3.05) is 18.0 Å². The maximum absolute atomic E-state index is 13.5. The molecule has 1 atom stereocenters. The minimum atomic E-state index is -0.245. The Morgan fingerprint density at radius 3 is 2.25 bits per heavy atom. The molecular formula is C16H25FN2O. The zero-order valence-electron chi connectivity index (χ0n) is 13.0. The molecule has 1 heterocycles. The quantitative estimate of drug-likeness (QED) is 0.904. The van der Waals surface area contributed by atoms with Gasteiger partial charge in [-0.3, -0.25) is 0 Å². The Kier molecular flexibility index (Phi) is 3.82. The second kappa shape index (κ2) is 5.01. The topological polar surface area (TPSA) is 38.5 Å². The number of benzene rings is 1. The van der Waals surface area contributed by atoms with Gasteiger partial charge in [-0.1, -0.05) is 0 Å². The number of nitrogens with zero attached hydrogens (tertiary/aromatic N) is 1. The Balaban J connectivity index is 2.40. The molecule has 0 spiro atoms. The lowest BCUT2D eigenvalue weighted by molar-refractivity contribution is -0.133. The second-order valence-corrected chi connectivity index (χ2v) is 6.97. The third-order valence-electron chi connectivity index (χ3n) is 3.52. The molecule has 0 radical (unpaired) electrons. The fourth-order valence-electron chi connectivity index (χ4n) is 3.14. The number of rotatable bonds is 2. The summed E-state index contributed by atoms with van der Waals surface area (Å²) in [6.45, 7) is 11.7. The Hall–Kier alpha value is -1.13. The summed E-state index contributed by atoms with van der Waals surface area (Å²) in [6, 6.07) is 4.66. The maximum atomic E-state index is 13.5. The minimum absolute atomic E-state index is 0.199. The van der Waals surface area contributed by atoms with Crippen molar-refractivity contribution in [3.63, 3.8) is 0 Å². The molecule has 1 aromatic rings. The van der Waals surface area contributed by atoms with E-state index < -0.39 is 0 Å². The van der Waals surface area contributed by atoms with Crippen LogP contribution in [0, 0.1) is 5.82 Å². The van der Waals surface area contributed by atoms with E-state index in [0.717, 1.165) is 24.3 Å². The van der Waals surface area contributed by atoms with E-state index in [1.807, 2.05) is 13.0 Å². The lowest BCUT2D eigenvalue weighted by atomic mass is 9.96. The first kappa shape index (κ1) is 15.3. The van der Waals surface area contributed by atoms with E-state index in [9.17, 15) is 4.39 Å². The van der Waals surface area contributed by atoms with Crippen LogP contribution in [0.1, 0.15) is 46.2 Å². The number of ether oxygens (including phenoxy) is 1. The van der Waals surface area contributed by atoms with Gasteiger partial charge in [-0.2, -0.15) is 0 Å². The van der Waals surface area contributed by atoms with Crippen molar-refractivity contribution in [1.82, 2.24) is 0 Å². The summed E-state index contributed by atoms with van der Waals surface area (Å²) in [5, 5.41) is 0. The molecule has 1 aromatic carbocycles. The normalized spacial score (nSPS) is 22.6. The molecular weight excluding hydrogens is 255 g/mol. The fraction of sp³-hybridized carbons (Fsp3) is 0.625. The van der Waals surface area contributed by atoms with Crippen molar-refractivity contribution in [1.29, 1.82) is 0 Å². The average Bonchev–Trinajstić information content (AvgIpc) is 2.24. The van der Waals surface area contributed by atoms with Crippen LogP contribution in [-0.2, 0) is 4.74 Å². The summed E-state index contributed by atoms with van der Waals surface area (Å²) in [7, 11) is 0. The SMILES string of the molecule is C[C@@H](N)c1cc(F)ccc1N1CC(C)(C)OC(C)(C)C1. The lowest BCUT2D eigenvalue weighted by Gasteiger charge is -2.48. The Morgan fingerprint density at radius 1 is 1.20 bits per heavy atom. The molecule has 2 N–H and O–H groups in total. The lowest BCUT2D eigenvalue weighted by Crippen LogP contribution is -2.57. The highest BCUT2D eigenvalue weighted by atomic mass is 19.1. The highest BCUT2D eigenvalue weighted by Gasteiger charge is 2.38. The third kappa shape index (κ3) is 3.30. The highest BCUT2D eigenvalue weighted by molar-refractivity contribution is 5.56. The number of anilines is 1. The number of morpholine rings is 1. The molecule has 1 saturated heterocycles. The molecule has 1 fully saturated rings. The summed E-state index contributed by atoms with van der Waals surface area (Å²) in [5.41, 5.74) is 7.36. The Bertz CT molecular complexity index is 481. The van der Waals surface area contributed by atoms with E-state index in [2.05, 4.69) is 32.6 Å². The van der Waals surface area contributed by atoms with Crippen molar-refractivity contribution >= 4 is 5.69 Å². The smallest absolute Gasteiger partial charge is 0.123 e. The Morgan fingerprint density at radius 2 is 1.75 bits per heavy atom. The van der Waals surface area contributed by atoms with Crippen molar-refractivity contribution in [3.05, 3.63) is 29.6 Å². The predicted molar refractivity (Wildman–Crippen MR) is 80.5 cm³/mol. The number of hydrogen-bond donors (Lipinski definition) is 1. The molecule has 1 aliphatic heterocycles. The van der Waals surface area contributed by atoms with E-state index in [0.29, 0.717) is 0 Å². The van der Waals surface area contributed by atoms with Crippen molar-refractivity contribution in [2.24, 2.45) is 5.73 Å². The van der Waals surface area contributed by atoms with Gasteiger partial charge in [0, 0.05) is 24.8 Å². The van der Waals surface area contributed by atoms with E-state index in [1.54, 1.807) is 0 Å². The molecule has 0 aliphatic carbocycles. The molecule has 0 amide bonds. The van der Waals surface area contributed by atoms with Crippen LogP contribution in [0.3, 0.4) is 0 Å². The third-order valence-corrected chi connectivity index (χ3v) is 3.52. The molecule has 20 heavy (non-hydrogen) atoms. The zero-order valence-corrected chi connectivity index (χ0v) is 13.0. The standard InChI is InChI=1S/C16H25FN2O/c1-11(18)13-8-12(17)6-7-14(13)19-9-15(2,3)20-16(4,5)10-19/h6-8,11H,9-10,18H2,1-5H3/t11-/m1/s1. The first-order valence-corrected chi connectivity index (χ1v) is 7.10. The van der Waals surface area contributed by atoms with Crippen molar-refractivity contribution in [3.8, 4) is 0 Å². The van der Waals surface area contributed by atoms with Crippen LogP contribution >= 0.6 is 0 Å². The van der Waals surface area contributed by atoms with Crippen LogP contribution in [0.5, 0.6) is 0 Å². The summed E-state index contributed by atoms with van der Waals surface area (Å²) in [4.78, 5) is 2.25. The number of halogens is 1. The average molecular weight is 280 g/mol. The molecule has 0 saturated carbocycles. The molecule has 0 aromatic heterocycles. The van der Waals surface area contributed by atoms with Gasteiger partial charge in [0.15, 0.2) is 0 Å². The van der Waals surface area contributed by atoms with Gasteiger partial charge in [-0.15, -0.1) is 0 Å². The van der Waals surface area contributed by atoms with Crippen LogP contribution in [0.15, 0.2) is 18.2 Å². The van der Waals surface area contributed by atoms with Gasteiger partial charge in [-0.25, -0.2) is 4.39 Å².